The Kier molecular flexibility index (Phi) is 3.29. The van der Waals surface area contributed by atoms with E-state index in [-0.39, 0.29) is 11.5 Å². The molecule has 2 heterocycles. The average Bonchev–Trinajstić information content (AvgIpc) is 2.45. The Morgan fingerprint density at radius 1 is 1.32 bits per heavy atom. The Hall–Kier alpha value is -2.54. The van der Waals surface area contributed by atoms with Gasteiger partial charge >= 0.3 is 0 Å². The summed E-state index contributed by atoms with van der Waals surface area (Å²) in [5, 5.41) is 21.5. The van der Waals surface area contributed by atoms with Gasteiger partial charge in [-0.15, -0.1) is 0 Å². The smallest absolute Gasteiger partial charge is 0.200 e. The Bertz CT molecular complexity index is 775. The van der Waals surface area contributed by atoms with Crippen molar-refractivity contribution in [1.29, 1.82) is 5.26 Å². The van der Waals surface area contributed by atoms with Gasteiger partial charge in [0.05, 0.1) is 17.6 Å². The molecule has 4 heteroatoms. The Balaban J connectivity index is 2.17. The summed E-state index contributed by atoms with van der Waals surface area (Å²) >= 11 is 0. The maximum atomic E-state index is 12.3. The molecule has 1 aliphatic heterocycles. The molecule has 2 aromatic rings. The van der Waals surface area contributed by atoms with Crippen molar-refractivity contribution in [3.8, 4) is 11.8 Å². The summed E-state index contributed by atoms with van der Waals surface area (Å²) in [7, 11) is 0. The van der Waals surface area contributed by atoms with E-state index >= 15 is 0 Å². The number of hydrogen-bond donors (Lipinski definition) is 0. The van der Waals surface area contributed by atoms with Crippen LogP contribution in [0.15, 0.2) is 36.5 Å². The molecule has 1 unspecified atom stereocenters. The van der Waals surface area contributed by atoms with E-state index in [0.29, 0.717) is 17.7 Å². The summed E-state index contributed by atoms with van der Waals surface area (Å²) < 4.78 is 6.95. The van der Waals surface area contributed by atoms with Crippen LogP contribution in [0.1, 0.15) is 48.6 Å². The van der Waals surface area contributed by atoms with Gasteiger partial charge in [0.25, 0.3) is 0 Å². The van der Waals surface area contributed by atoms with Crippen LogP contribution in [0.3, 0.4) is 0 Å². The predicted octanol–water partition coefficient (Wildman–Crippen LogP) is 3.19. The van der Waals surface area contributed by atoms with Gasteiger partial charge in [-0.3, -0.25) is 0 Å². The summed E-state index contributed by atoms with van der Waals surface area (Å²) in [4.78, 5) is 0. The second-order valence-corrected chi connectivity index (χ2v) is 6.44. The zero-order valence-corrected chi connectivity index (χ0v) is 13.0. The van der Waals surface area contributed by atoms with E-state index in [1.807, 2.05) is 45.0 Å². The molecule has 0 saturated heterocycles. The highest BCUT2D eigenvalue weighted by Crippen LogP contribution is 2.43. The second-order valence-electron chi connectivity index (χ2n) is 6.44. The lowest BCUT2D eigenvalue weighted by Gasteiger charge is -2.36. The van der Waals surface area contributed by atoms with Crippen molar-refractivity contribution in [2.45, 2.75) is 38.7 Å². The van der Waals surface area contributed by atoms with E-state index in [1.54, 1.807) is 12.3 Å². The Morgan fingerprint density at radius 2 is 2.09 bits per heavy atom. The first-order chi connectivity index (χ1) is 10.4. The minimum atomic E-state index is -0.357. The van der Waals surface area contributed by atoms with E-state index in [2.05, 4.69) is 6.07 Å². The highest BCUT2D eigenvalue weighted by atomic mass is 16.5. The predicted molar refractivity (Wildman–Crippen MR) is 82.5 cm³/mol. The fourth-order valence-corrected chi connectivity index (χ4v) is 3.05. The number of benzene rings is 1. The molecule has 3 rings (SSSR count). The lowest BCUT2D eigenvalue weighted by Crippen LogP contribution is -2.40. The zero-order chi connectivity index (χ0) is 15.9. The van der Waals surface area contributed by atoms with Gasteiger partial charge in [0.15, 0.2) is 6.20 Å². The number of aryl methyl sites for hydroxylation is 1. The number of nitriles is 1. The van der Waals surface area contributed by atoms with E-state index in [1.165, 1.54) is 0 Å². The Labute approximate surface area is 130 Å². The summed E-state index contributed by atoms with van der Waals surface area (Å²) in [6.07, 6.45) is 2.28. The number of hydrogen-bond acceptors (Lipinski definition) is 3. The van der Waals surface area contributed by atoms with E-state index < -0.39 is 0 Å². The number of ether oxygens (including phenoxy) is 1. The first kappa shape index (κ1) is 14.4. The molecule has 22 heavy (non-hydrogen) atoms. The first-order valence-corrected chi connectivity index (χ1v) is 7.32. The van der Waals surface area contributed by atoms with Crippen LogP contribution < -0.4 is 9.47 Å². The molecule has 0 amide bonds. The molecule has 0 bridgehead atoms. The molecular formula is C18H18N2O2. The van der Waals surface area contributed by atoms with Gasteiger partial charge in [-0.1, -0.05) is 0 Å². The number of aromatic nitrogens is 1. The van der Waals surface area contributed by atoms with Crippen LogP contribution >= 0.6 is 0 Å². The molecule has 0 saturated carbocycles. The van der Waals surface area contributed by atoms with Crippen molar-refractivity contribution >= 4 is 0 Å². The van der Waals surface area contributed by atoms with Gasteiger partial charge in [-0.25, -0.2) is 0 Å². The SMILES string of the molecule is Cc1ccc(C2CC(C)(C)Oc3ccc(C#N)cc32)[n+]([O-])c1. The summed E-state index contributed by atoms with van der Waals surface area (Å²) in [5.74, 6) is 0.672. The number of fused-ring (bicyclic) bond motifs is 1. The fourth-order valence-electron chi connectivity index (χ4n) is 3.05. The van der Waals surface area contributed by atoms with Crippen LogP contribution in [0.5, 0.6) is 5.75 Å². The highest BCUT2D eigenvalue weighted by molar-refractivity contribution is 5.48. The van der Waals surface area contributed by atoms with Crippen molar-refractivity contribution in [3.05, 3.63) is 64.1 Å². The van der Waals surface area contributed by atoms with Crippen LogP contribution in [0.2, 0.25) is 0 Å². The lowest BCUT2D eigenvalue weighted by molar-refractivity contribution is -0.615. The molecule has 4 nitrogen and oxygen atoms in total. The maximum Gasteiger partial charge on any atom is 0.200 e. The van der Waals surface area contributed by atoms with Gasteiger partial charge in [0.1, 0.15) is 11.4 Å². The highest BCUT2D eigenvalue weighted by Gasteiger charge is 2.38. The molecule has 1 aliphatic rings. The second kappa shape index (κ2) is 5.03. The third-order valence-electron chi connectivity index (χ3n) is 4.05. The molecule has 112 valence electrons. The van der Waals surface area contributed by atoms with Gasteiger partial charge < -0.3 is 9.94 Å². The van der Waals surface area contributed by atoms with E-state index in [9.17, 15) is 5.21 Å². The normalized spacial score (nSPS) is 18.9. The monoisotopic (exact) mass is 294 g/mol. The molecule has 0 spiro atoms. The van der Waals surface area contributed by atoms with Crippen molar-refractivity contribution < 1.29 is 9.47 Å². The molecule has 0 aliphatic carbocycles. The standard InChI is InChI=1S/C18H18N2O2/c1-12-4-6-16(20(21)11-12)15-9-18(2,3)22-17-7-5-13(10-19)8-14(15)17/h4-8,11,15H,9H2,1-3H3. The van der Waals surface area contributed by atoms with Crippen LogP contribution in [0, 0.1) is 23.5 Å². The molecule has 1 atom stereocenters. The molecule has 1 aromatic heterocycles. The zero-order valence-electron chi connectivity index (χ0n) is 13.0. The molecule has 0 radical (unpaired) electrons. The molecule has 1 aromatic carbocycles. The van der Waals surface area contributed by atoms with Crippen LogP contribution in [-0.4, -0.2) is 5.60 Å². The van der Waals surface area contributed by atoms with Gasteiger partial charge in [-0.05, 0) is 45.0 Å². The number of rotatable bonds is 1. The van der Waals surface area contributed by atoms with Gasteiger partial charge in [0, 0.05) is 23.6 Å². The summed E-state index contributed by atoms with van der Waals surface area (Å²) in [6.45, 7) is 5.93. The van der Waals surface area contributed by atoms with Crippen molar-refractivity contribution in [3.63, 3.8) is 0 Å². The van der Waals surface area contributed by atoms with E-state index in [4.69, 9.17) is 10.00 Å². The minimum absolute atomic E-state index is 0.0786. The van der Waals surface area contributed by atoms with Crippen molar-refractivity contribution in [1.82, 2.24) is 0 Å². The minimum Gasteiger partial charge on any atom is -0.618 e. The van der Waals surface area contributed by atoms with E-state index in [0.717, 1.165) is 21.6 Å². The Morgan fingerprint density at radius 3 is 2.77 bits per heavy atom. The lowest BCUT2D eigenvalue weighted by atomic mass is 9.81. The number of pyridine rings is 1. The topological polar surface area (TPSA) is 60.0 Å². The van der Waals surface area contributed by atoms with Gasteiger partial charge in [0.2, 0.25) is 5.69 Å². The third kappa shape index (κ3) is 2.50. The average molecular weight is 294 g/mol. The first-order valence-electron chi connectivity index (χ1n) is 7.32. The summed E-state index contributed by atoms with van der Waals surface area (Å²) in [5.41, 5.74) is 2.75. The largest absolute Gasteiger partial charge is 0.618 e. The van der Waals surface area contributed by atoms with Crippen molar-refractivity contribution in [2.75, 3.05) is 0 Å². The fraction of sp³-hybridized carbons (Fsp3) is 0.333. The molecule has 0 N–H and O–H groups in total. The van der Waals surface area contributed by atoms with Crippen LogP contribution in [0.4, 0.5) is 0 Å². The summed E-state index contributed by atoms with van der Waals surface area (Å²) in [6, 6.07) is 11.4. The quantitative estimate of drug-likeness (QED) is 0.599. The van der Waals surface area contributed by atoms with Crippen LogP contribution in [-0.2, 0) is 0 Å². The third-order valence-corrected chi connectivity index (χ3v) is 4.05. The molecule has 0 fully saturated rings. The maximum absolute atomic E-state index is 12.3. The molecular weight excluding hydrogens is 276 g/mol. The van der Waals surface area contributed by atoms with Crippen LogP contribution in [0.25, 0.3) is 0 Å². The van der Waals surface area contributed by atoms with Crippen molar-refractivity contribution in [2.24, 2.45) is 0 Å². The number of nitrogens with zero attached hydrogens (tertiary/aromatic N) is 2. The van der Waals surface area contributed by atoms with Gasteiger partial charge in [-0.2, -0.15) is 9.99 Å².